The summed E-state index contributed by atoms with van der Waals surface area (Å²) >= 11 is 6.76. The molecule has 0 fully saturated rings. The Morgan fingerprint density at radius 2 is 0.340 bits per heavy atom. The molecule has 0 aliphatic rings. The largest absolute Gasteiger partial charge is 0.466 e. The van der Waals surface area contributed by atoms with E-state index in [2.05, 4.69) is 27.7 Å². The molecule has 0 unspecified atom stereocenters. The minimum atomic E-state index is -0.945. The van der Waals surface area contributed by atoms with Crippen molar-refractivity contribution in [2.75, 3.05) is 62.7 Å². The van der Waals surface area contributed by atoms with Gasteiger partial charge in [-0.05, 0) is 38.5 Å². The van der Waals surface area contributed by atoms with Crippen molar-refractivity contribution in [2.24, 2.45) is 0 Å². The van der Waals surface area contributed by atoms with E-state index in [0.717, 1.165) is 77.0 Å². The summed E-state index contributed by atoms with van der Waals surface area (Å²) in [5, 5.41) is 0. The molecule has 94 heavy (non-hydrogen) atoms. The summed E-state index contributed by atoms with van der Waals surface area (Å²) in [5.74, 6) is 2.00. The normalized spacial score (nSPS) is 11.6. The Balaban J connectivity index is 4.93. The predicted octanol–water partition coefficient (Wildman–Crippen LogP) is 28.1. The van der Waals surface area contributed by atoms with Crippen molar-refractivity contribution in [1.29, 1.82) is 0 Å². The highest BCUT2D eigenvalue weighted by molar-refractivity contribution is 8.87. The lowest BCUT2D eigenvalue weighted by Gasteiger charge is -2.17. The van der Waals surface area contributed by atoms with Crippen LogP contribution in [-0.2, 0) is 47.2 Å². The molecule has 0 amide bonds. The van der Waals surface area contributed by atoms with Crippen LogP contribution in [0.4, 0.5) is 0 Å². The smallest absolute Gasteiger partial charge is 0.306 e. The summed E-state index contributed by atoms with van der Waals surface area (Å²) in [4.78, 5) is 51.0. The third-order valence-corrected chi connectivity index (χ3v) is 30.4. The Morgan fingerprint density at radius 1 is 0.202 bits per heavy atom. The first kappa shape index (κ1) is 94.1. The van der Waals surface area contributed by atoms with Gasteiger partial charge in [0.2, 0.25) is 0 Å². The molecule has 0 radical (unpaired) electrons. The molecule has 0 N–H and O–H groups in total. The van der Waals surface area contributed by atoms with Crippen LogP contribution < -0.4 is 0 Å². The first-order chi connectivity index (χ1) is 46.4. The van der Waals surface area contributed by atoms with Gasteiger partial charge in [-0.25, -0.2) is 0 Å². The molecule has 0 aromatic heterocycles. The summed E-state index contributed by atoms with van der Waals surface area (Å²) in [7, 11) is 0. The van der Waals surface area contributed by atoms with Crippen LogP contribution in [0.15, 0.2) is 0 Å². The monoisotopic (exact) mass is 1440 g/mol. The second-order valence-corrected chi connectivity index (χ2v) is 39.3. The van der Waals surface area contributed by atoms with E-state index < -0.39 is 13.1 Å². The highest BCUT2D eigenvalue weighted by atomic mass is 33.1. The number of hydrogen-bond acceptors (Lipinski definition) is 14. The van der Waals surface area contributed by atoms with E-state index in [9.17, 15) is 19.2 Å². The van der Waals surface area contributed by atoms with Gasteiger partial charge in [0.15, 0.2) is 13.1 Å². The second-order valence-electron chi connectivity index (χ2n) is 26.7. The number of ether oxygens (including phenoxy) is 4. The molecule has 0 saturated heterocycles. The van der Waals surface area contributed by atoms with E-state index in [0.29, 0.717) is 88.3 Å². The van der Waals surface area contributed by atoms with Crippen LogP contribution in [0.1, 0.15) is 413 Å². The van der Waals surface area contributed by atoms with E-state index in [1.165, 1.54) is 283 Å². The molecular formula is C78H152O10P2S4. The van der Waals surface area contributed by atoms with Crippen molar-refractivity contribution in [3.8, 4) is 0 Å². The lowest BCUT2D eigenvalue weighted by atomic mass is 10.0. The van der Waals surface area contributed by atoms with Crippen LogP contribution in [0.3, 0.4) is 0 Å². The zero-order valence-corrected chi connectivity index (χ0v) is 67.2. The van der Waals surface area contributed by atoms with Crippen molar-refractivity contribution in [3.63, 3.8) is 0 Å². The number of carbonyl (C=O) groups excluding carboxylic acids is 4. The van der Waals surface area contributed by atoms with Gasteiger partial charge in [-0.1, -0.05) is 394 Å². The molecule has 0 saturated carbocycles. The van der Waals surface area contributed by atoms with Crippen LogP contribution in [0.5, 0.6) is 0 Å². The highest BCUT2D eigenvalue weighted by Gasteiger charge is 2.17. The standard InChI is InChI=1S/C78H152O10P2S4/c1-5-9-13-17-21-25-29-33-37-41-45-49-55-65-83-75(79)61-71-91-89(92-72-62-76(80)84-66-56-50-46-42-38-34-30-26-22-18-14-10-6-2)87-69-59-53-54-60-70-88-90(93-73-63-77(81)85-67-57-51-47-43-39-35-31-27-23-19-15-11-7-3)94-74-64-78(82)86-68-58-52-48-44-40-36-32-28-24-20-16-12-8-4/h5-74H2,1-4H3. The van der Waals surface area contributed by atoms with Crippen LogP contribution in [-0.4, -0.2) is 86.5 Å². The summed E-state index contributed by atoms with van der Waals surface area (Å²) < 4.78 is 35.5. The molecule has 0 aliphatic carbocycles. The zero-order valence-electron chi connectivity index (χ0n) is 62.1. The van der Waals surface area contributed by atoms with Gasteiger partial charge in [0.1, 0.15) is 0 Å². The lowest BCUT2D eigenvalue weighted by molar-refractivity contribution is -0.144. The molecule has 0 atom stereocenters. The molecule has 0 heterocycles. The SMILES string of the molecule is CCCCCCCCCCCCCCCOC(=O)CCSP(OCCCCCCOP(SCCC(=O)OCCCCCCCCCCCCCCC)SCCC(=O)OCCCCCCCCCCCCCCC)SCCC(=O)OCCCCCCCCCCCCCCC. The predicted molar refractivity (Wildman–Crippen MR) is 419 cm³/mol. The second kappa shape index (κ2) is 82.0. The summed E-state index contributed by atoms with van der Waals surface area (Å²) in [5.41, 5.74) is 0. The first-order valence-electron chi connectivity index (χ1n) is 40.4. The quantitative estimate of drug-likeness (QED) is 0.0248. The number of rotatable bonds is 81. The van der Waals surface area contributed by atoms with Gasteiger partial charge < -0.3 is 28.0 Å². The number of esters is 4. The fourth-order valence-corrected chi connectivity index (χ4v) is 23.2. The Kier molecular flexibility index (Phi) is 82.1. The van der Waals surface area contributed by atoms with Gasteiger partial charge in [0.05, 0.1) is 65.3 Å². The molecule has 558 valence electrons. The van der Waals surface area contributed by atoms with Crippen LogP contribution in [0, 0.1) is 0 Å². The number of hydrogen-bond donors (Lipinski definition) is 0. The van der Waals surface area contributed by atoms with E-state index in [4.69, 9.17) is 28.0 Å². The molecule has 0 aliphatic heterocycles. The van der Waals surface area contributed by atoms with E-state index in [1.807, 2.05) is 0 Å². The Morgan fingerprint density at radius 3 is 0.500 bits per heavy atom. The maximum absolute atomic E-state index is 12.7. The van der Waals surface area contributed by atoms with E-state index in [-0.39, 0.29) is 23.9 Å². The van der Waals surface area contributed by atoms with Crippen LogP contribution >= 0.6 is 58.6 Å². The Hall–Kier alpha value is 0.0600. The maximum atomic E-state index is 12.7. The molecule has 0 spiro atoms. The van der Waals surface area contributed by atoms with Crippen molar-refractivity contribution >= 4 is 82.5 Å². The van der Waals surface area contributed by atoms with E-state index in [1.54, 1.807) is 45.5 Å². The third-order valence-electron chi connectivity index (χ3n) is 17.5. The van der Waals surface area contributed by atoms with Gasteiger partial charge in [-0.3, -0.25) is 19.2 Å². The Labute approximate surface area is 601 Å². The molecular weight excluding hydrogens is 1290 g/mol. The summed E-state index contributed by atoms with van der Waals surface area (Å²) in [6.45, 7) is 10.5. The van der Waals surface area contributed by atoms with Gasteiger partial charge in [0.25, 0.3) is 0 Å². The average Bonchev–Trinajstić information content (AvgIpc) is 3.78. The van der Waals surface area contributed by atoms with Crippen molar-refractivity contribution < 1.29 is 47.2 Å². The van der Waals surface area contributed by atoms with Crippen molar-refractivity contribution in [3.05, 3.63) is 0 Å². The van der Waals surface area contributed by atoms with Gasteiger partial charge in [-0.15, -0.1) is 0 Å². The van der Waals surface area contributed by atoms with Crippen LogP contribution in [0.2, 0.25) is 0 Å². The maximum Gasteiger partial charge on any atom is 0.306 e. The van der Waals surface area contributed by atoms with Gasteiger partial charge in [0, 0.05) is 23.0 Å². The minimum Gasteiger partial charge on any atom is -0.466 e. The Bertz CT molecular complexity index is 1350. The summed E-state index contributed by atoms with van der Waals surface area (Å²) in [6.07, 6.45) is 72.4. The number of carbonyl (C=O) groups is 4. The fraction of sp³-hybridized carbons (Fsp3) is 0.949. The van der Waals surface area contributed by atoms with Crippen molar-refractivity contribution in [2.45, 2.75) is 413 Å². The molecule has 0 aromatic rings. The van der Waals surface area contributed by atoms with Crippen molar-refractivity contribution in [1.82, 2.24) is 0 Å². The topological polar surface area (TPSA) is 124 Å². The molecule has 0 aromatic carbocycles. The molecule has 10 nitrogen and oxygen atoms in total. The number of unbranched alkanes of at least 4 members (excludes halogenated alkanes) is 51. The summed E-state index contributed by atoms with van der Waals surface area (Å²) in [6, 6.07) is 0. The zero-order chi connectivity index (χ0) is 68.0. The fourth-order valence-electron chi connectivity index (χ4n) is 11.4. The van der Waals surface area contributed by atoms with Gasteiger partial charge in [-0.2, -0.15) is 0 Å². The lowest BCUT2D eigenvalue weighted by Crippen LogP contribution is -2.07. The average molecular weight is 1440 g/mol. The van der Waals surface area contributed by atoms with E-state index >= 15 is 0 Å². The first-order valence-corrected chi connectivity index (χ1v) is 49.2. The highest BCUT2D eigenvalue weighted by Crippen LogP contribution is 2.63. The molecule has 0 bridgehead atoms. The molecule has 16 heteroatoms. The molecule has 0 rings (SSSR count). The van der Waals surface area contributed by atoms with Gasteiger partial charge >= 0.3 is 23.9 Å². The minimum absolute atomic E-state index is 0.137. The van der Waals surface area contributed by atoms with Crippen LogP contribution in [0.25, 0.3) is 0 Å². The third kappa shape index (κ3) is 77.8.